The molecule has 0 rings (SSSR count). The monoisotopic (exact) mass is 118 g/mol. The summed E-state index contributed by atoms with van der Waals surface area (Å²) in [5.41, 5.74) is 2.86. The summed E-state index contributed by atoms with van der Waals surface area (Å²) in [6, 6.07) is 0. The Morgan fingerprint density at radius 3 is 2.00 bits per heavy atom. The second-order valence-electron chi connectivity index (χ2n) is 1.39. The molecule has 34 valence electrons. The minimum absolute atomic E-state index is 0.664. The highest BCUT2D eigenvalue weighted by Crippen LogP contribution is 1.73. The summed E-state index contributed by atoms with van der Waals surface area (Å²) < 4.78 is 0. The predicted molar refractivity (Wildman–Crippen MR) is 32.5 cm³/mol. The third-order valence-electron chi connectivity index (χ3n) is 0.343. The van der Waals surface area contributed by atoms with Crippen LogP contribution >= 0.6 is 11.6 Å². The van der Waals surface area contributed by atoms with Gasteiger partial charge in [0.25, 0.3) is 0 Å². The molecule has 0 radical (unpaired) electrons. The molecule has 6 heavy (non-hydrogen) atoms. The van der Waals surface area contributed by atoms with Crippen LogP contribution in [0.1, 0.15) is 0 Å². The highest BCUT2D eigenvalue weighted by Gasteiger charge is 1.80. The summed E-state index contributed by atoms with van der Waals surface area (Å²) in [6.07, 6.45) is 0. The number of halogens is 1. The van der Waals surface area contributed by atoms with E-state index in [2.05, 4.69) is 24.0 Å². The van der Waals surface area contributed by atoms with E-state index in [0.29, 0.717) is 0 Å². The topological polar surface area (TPSA) is 0 Å². The maximum Gasteiger partial charge on any atom is 0.118 e. The van der Waals surface area contributed by atoms with Gasteiger partial charge in [0.1, 0.15) is 8.80 Å². The molecule has 0 aromatic heterocycles. The van der Waals surface area contributed by atoms with Crippen LogP contribution in [0.3, 0.4) is 0 Å². The Morgan fingerprint density at radius 2 is 2.00 bits per heavy atom. The van der Waals surface area contributed by atoms with Crippen molar-refractivity contribution >= 4 is 20.4 Å². The molecule has 0 saturated heterocycles. The highest BCUT2D eigenvalue weighted by molar-refractivity contribution is 6.65. The minimum atomic E-state index is -0.664. The molecule has 0 saturated carbocycles. The van der Waals surface area contributed by atoms with Crippen LogP contribution in [0.5, 0.6) is 0 Å². The molecular weight excluding hydrogens is 112 g/mol. The van der Waals surface area contributed by atoms with Crippen molar-refractivity contribution in [2.75, 3.05) is 0 Å². The lowest BCUT2D eigenvalue weighted by Gasteiger charge is -1.77. The summed E-state index contributed by atoms with van der Waals surface area (Å²) in [5, 5.41) is 2.35. The highest BCUT2D eigenvalue weighted by atomic mass is 35.5. The van der Waals surface area contributed by atoms with Crippen molar-refractivity contribution in [3.8, 4) is 10.9 Å². The SMILES string of the molecule is C[SiH](C)C#CCl. The van der Waals surface area contributed by atoms with Crippen molar-refractivity contribution in [2.24, 2.45) is 0 Å². The third kappa shape index (κ3) is 4.07. The van der Waals surface area contributed by atoms with Crippen molar-refractivity contribution < 1.29 is 0 Å². The third-order valence-corrected chi connectivity index (χ3v) is 1.36. The smallest absolute Gasteiger partial charge is 0.118 e. The molecule has 0 atom stereocenters. The number of rotatable bonds is 0. The lowest BCUT2D eigenvalue weighted by Crippen LogP contribution is -1.91. The van der Waals surface area contributed by atoms with Crippen LogP contribution in [0.2, 0.25) is 13.1 Å². The molecule has 0 N–H and O–H groups in total. The van der Waals surface area contributed by atoms with E-state index in [-0.39, 0.29) is 0 Å². The van der Waals surface area contributed by atoms with E-state index in [1.165, 1.54) is 0 Å². The first-order valence-electron chi connectivity index (χ1n) is 1.88. The molecule has 0 spiro atoms. The second kappa shape index (κ2) is 3.26. The Hall–Kier alpha value is 0.0669. The van der Waals surface area contributed by atoms with Crippen molar-refractivity contribution in [2.45, 2.75) is 13.1 Å². The van der Waals surface area contributed by atoms with Gasteiger partial charge in [-0.1, -0.05) is 13.1 Å². The molecule has 0 heterocycles. The van der Waals surface area contributed by atoms with Gasteiger partial charge in [0.2, 0.25) is 0 Å². The largest absolute Gasteiger partial charge is 0.119 e. The van der Waals surface area contributed by atoms with Crippen molar-refractivity contribution in [3.63, 3.8) is 0 Å². The predicted octanol–water partition coefficient (Wildman–Crippen LogP) is 1.21. The maximum absolute atomic E-state index is 5.07. The van der Waals surface area contributed by atoms with E-state index in [0.717, 1.165) is 0 Å². The van der Waals surface area contributed by atoms with Gasteiger partial charge in [0.15, 0.2) is 0 Å². The zero-order chi connectivity index (χ0) is 4.99. The van der Waals surface area contributed by atoms with Crippen LogP contribution in [-0.2, 0) is 0 Å². The molecular formula is C4H7ClSi. The van der Waals surface area contributed by atoms with E-state index >= 15 is 0 Å². The van der Waals surface area contributed by atoms with Gasteiger partial charge in [-0.25, -0.2) is 0 Å². The summed E-state index contributed by atoms with van der Waals surface area (Å²) >= 11 is 5.07. The average Bonchev–Trinajstić information content (AvgIpc) is 1.35. The summed E-state index contributed by atoms with van der Waals surface area (Å²) in [4.78, 5) is 0. The fourth-order valence-corrected chi connectivity index (χ4v) is 0.982. The van der Waals surface area contributed by atoms with E-state index in [1.807, 2.05) is 0 Å². The Kier molecular flexibility index (Phi) is 3.30. The summed E-state index contributed by atoms with van der Waals surface area (Å²) in [5.74, 6) is 0. The lowest BCUT2D eigenvalue weighted by atomic mass is 11.4. The Morgan fingerprint density at radius 1 is 1.50 bits per heavy atom. The lowest BCUT2D eigenvalue weighted by molar-refractivity contribution is 2.05. The second-order valence-corrected chi connectivity index (χ2v) is 4.18. The normalized spacial score (nSPS) is 7.33. The fourth-order valence-electron chi connectivity index (χ4n) is 0.109. The van der Waals surface area contributed by atoms with Gasteiger partial charge in [-0.3, -0.25) is 0 Å². The molecule has 0 bridgehead atoms. The Balaban J connectivity index is 3.20. The first kappa shape index (κ1) is 6.07. The molecule has 0 aliphatic heterocycles. The quantitative estimate of drug-likeness (QED) is 0.332. The maximum atomic E-state index is 5.07. The first-order chi connectivity index (χ1) is 2.77. The van der Waals surface area contributed by atoms with Crippen molar-refractivity contribution in [3.05, 3.63) is 0 Å². The summed E-state index contributed by atoms with van der Waals surface area (Å²) in [7, 11) is -0.664. The average molecular weight is 119 g/mol. The zero-order valence-electron chi connectivity index (χ0n) is 3.96. The molecule has 2 heteroatoms. The molecule has 0 aromatic rings. The van der Waals surface area contributed by atoms with Gasteiger partial charge in [-0.2, -0.15) is 0 Å². The minimum Gasteiger partial charge on any atom is -0.119 e. The van der Waals surface area contributed by atoms with Crippen molar-refractivity contribution in [1.82, 2.24) is 0 Å². The first-order valence-corrected chi connectivity index (χ1v) is 5.15. The van der Waals surface area contributed by atoms with Crippen LogP contribution < -0.4 is 0 Å². The van der Waals surface area contributed by atoms with Crippen LogP contribution in [0.15, 0.2) is 0 Å². The Labute approximate surface area is 45.1 Å². The van der Waals surface area contributed by atoms with Crippen LogP contribution in [-0.4, -0.2) is 8.80 Å². The summed E-state index contributed by atoms with van der Waals surface area (Å²) in [6.45, 7) is 4.27. The van der Waals surface area contributed by atoms with Gasteiger partial charge in [-0.05, 0) is 17.0 Å². The zero-order valence-corrected chi connectivity index (χ0v) is 5.87. The van der Waals surface area contributed by atoms with E-state index in [4.69, 9.17) is 11.6 Å². The molecule has 0 aliphatic carbocycles. The van der Waals surface area contributed by atoms with E-state index in [1.54, 1.807) is 0 Å². The van der Waals surface area contributed by atoms with Gasteiger partial charge in [-0.15, -0.1) is 5.54 Å². The fraction of sp³-hybridized carbons (Fsp3) is 0.500. The molecule has 0 amide bonds. The van der Waals surface area contributed by atoms with Crippen molar-refractivity contribution in [1.29, 1.82) is 0 Å². The van der Waals surface area contributed by atoms with Gasteiger partial charge < -0.3 is 0 Å². The van der Waals surface area contributed by atoms with Gasteiger partial charge in [0, 0.05) is 0 Å². The number of hydrogen-bond donors (Lipinski definition) is 0. The molecule has 0 nitrogen and oxygen atoms in total. The van der Waals surface area contributed by atoms with E-state index < -0.39 is 8.80 Å². The van der Waals surface area contributed by atoms with Crippen LogP contribution in [0.4, 0.5) is 0 Å². The molecule has 0 aromatic carbocycles. The van der Waals surface area contributed by atoms with Crippen LogP contribution in [0, 0.1) is 10.9 Å². The standard InChI is InChI=1S/C4H7ClSi/c1-6(2)4-3-5/h6H,1-2H3. The van der Waals surface area contributed by atoms with Gasteiger partial charge in [0.05, 0.1) is 0 Å². The van der Waals surface area contributed by atoms with E-state index in [9.17, 15) is 0 Å². The molecule has 0 unspecified atom stereocenters. The van der Waals surface area contributed by atoms with Crippen LogP contribution in [0.25, 0.3) is 0 Å². The molecule has 0 fully saturated rings. The van der Waals surface area contributed by atoms with Gasteiger partial charge >= 0.3 is 0 Å². The number of hydrogen-bond acceptors (Lipinski definition) is 0. The Bertz CT molecular complexity index is 77.3. The molecule has 0 aliphatic rings.